The summed E-state index contributed by atoms with van der Waals surface area (Å²) in [7, 11) is 0. The van der Waals surface area contributed by atoms with Gasteiger partial charge in [-0.1, -0.05) is 0 Å². The summed E-state index contributed by atoms with van der Waals surface area (Å²) in [4.78, 5) is 7.92. The van der Waals surface area contributed by atoms with Crippen LogP contribution in [0.3, 0.4) is 0 Å². The molecule has 0 aromatic carbocycles. The van der Waals surface area contributed by atoms with Gasteiger partial charge in [0.25, 0.3) is 0 Å². The Balaban J connectivity index is 2.07. The molecule has 0 saturated carbocycles. The summed E-state index contributed by atoms with van der Waals surface area (Å²) in [5.41, 5.74) is 6.77. The Morgan fingerprint density at radius 2 is 2.36 bits per heavy atom. The SMILES string of the molecule is NC(Cc1ccco1)c1ccncn1. The van der Waals surface area contributed by atoms with E-state index in [1.807, 2.05) is 18.2 Å². The van der Waals surface area contributed by atoms with Gasteiger partial charge in [-0.2, -0.15) is 0 Å². The largest absolute Gasteiger partial charge is 0.469 e. The van der Waals surface area contributed by atoms with Gasteiger partial charge in [0.05, 0.1) is 18.0 Å². The molecule has 0 bridgehead atoms. The van der Waals surface area contributed by atoms with Crippen LogP contribution in [0.25, 0.3) is 0 Å². The summed E-state index contributed by atoms with van der Waals surface area (Å²) in [6.07, 6.45) is 5.48. The lowest BCUT2D eigenvalue weighted by Gasteiger charge is -2.07. The molecule has 72 valence electrons. The number of rotatable bonds is 3. The number of hydrogen-bond acceptors (Lipinski definition) is 4. The van der Waals surface area contributed by atoms with Crippen LogP contribution in [0, 0.1) is 0 Å². The fourth-order valence-electron chi connectivity index (χ4n) is 1.27. The van der Waals surface area contributed by atoms with E-state index in [-0.39, 0.29) is 6.04 Å². The van der Waals surface area contributed by atoms with Crippen LogP contribution >= 0.6 is 0 Å². The summed E-state index contributed by atoms with van der Waals surface area (Å²) in [5.74, 6) is 0.871. The fraction of sp³-hybridized carbons (Fsp3) is 0.200. The molecule has 1 unspecified atom stereocenters. The van der Waals surface area contributed by atoms with Crippen LogP contribution in [-0.4, -0.2) is 9.97 Å². The minimum atomic E-state index is -0.135. The molecule has 0 aliphatic rings. The van der Waals surface area contributed by atoms with Crippen LogP contribution in [-0.2, 0) is 6.42 Å². The number of furan rings is 1. The van der Waals surface area contributed by atoms with E-state index in [2.05, 4.69) is 9.97 Å². The summed E-state index contributed by atoms with van der Waals surface area (Å²) in [6, 6.07) is 5.43. The molecule has 2 heterocycles. The Labute approximate surface area is 81.8 Å². The number of nitrogens with two attached hydrogens (primary N) is 1. The smallest absolute Gasteiger partial charge is 0.115 e. The molecule has 2 aromatic heterocycles. The molecule has 2 N–H and O–H groups in total. The molecule has 0 amide bonds. The zero-order chi connectivity index (χ0) is 9.80. The molecule has 2 aromatic rings. The molecule has 0 aliphatic heterocycles. The maximum absolute atomic E-state index is 5.94. The van der Waals surface area contributed by atoms with Gasteiger partial charge in [-0.3, -0.25) is 0 Å². The maximum atomic E-state index is 5.94. The zero-order valence-corrected chi connectivity index (χ0v) is 7.63. The molecule has 2 rings (SSSR count). The molecule has 14 heavy (non-hydrogen) atoms. The van der Waals surface area contributed by atoms with Crippen molar-refractivity contribution in [3.05, 3.63) is 48.4 Å². The van der Waals surface area contributed by atoms with Gasteiger partial charge in [0.2, 0.25) is 0 Å². The van der Waals surface area contributed by atoms with Crippen molar-refractivity contribution in [1.29, 1.82) is 0 Å². The highest BCUT2D eigenvalue weighted by molar-refractivity contribution is 5.09. The van der Waals surface area contributed by atoms with Crippen molar-refractivity contribution in [1.82, 2.24) is 9.97 Å². The predicted octanol–water partition coefficient (Wildman–Crippen LogP) is 1.31. The van der Waals surface area contributed by atoms with Crippen LogP contribution in [0.5, 0.6) is 0 Å². The van der Waals surface area contributed by atoms with Crippen molar-refractivity contribution in [3.8, 4) is 0 Å². The molecular weight excluding hydrogens is 178 g/mol. The second kappa shape index (κ2) is 4.02. The maximum Gasteiger partial charge on any atom is 0.115 e. The van der Waals surface area contributed by atoms with Gasteiger partial charge in [0.15, 0.2) is 0 Å². The van der Waals surface area contributed by atoms with E-state index in [0.29, 0.717) is 6.42 Å². The average molecular weight is 189 g/mol. The van der Waals surface area contributed by atoms with Gasteiger partial charge in [0.1, 0.15) is 12.1 Å². The first kappa shape index (κ1) is 8.90. The van der Waals surface area contributed by atoms with Gasteiger partial charge in [0, 0.05) is 12.6 Å². The van der Waals surface area contributed by atoms with Crippen molar-refractivity contribution in [2.75, 3.05) is 0 Å². The van der Waals surface area contributed by atoms with Gasteiger partial charge < -0.3 is 10.2 Å². The lowest BCUT2D eigenvalue weighted by atomic mass is 10.1. The van der Waals surface area contributed by atoms with Gasteiger partial charge in [-0.25, -0.2) is 9.97 Å². The third-order valence-corrected chi connectivity index (χ3v) is 1.99. The lowest BCUT2D eigenvalue weighted by Crippen LogP contribution is -2.14. The Morgan fingerprint density at radius 1 is 1.43 bits per heavy atom. The van der Waals surface area contributed by atoms with Crippen molar-refractivity contribution < 1.29 is 4.42 Å². The van der Waals surface area contributed by atoms with E-state index < -0.39 is 0 Å². The normalized spacial score (nSPS) is 12.6. The summed E-state index contributed by atoms with van der Waals surface area (Å²) in [5, 5.41) is 0. The van der Waals surface area contributed by atoms with Crippen molar-refractivity contribution in [2.45, 2.75) is 12.5 Å². The third-order valence-electron chi connectivity index (χ3n) is 1.99. The van der Waals surface area contributed by atoms with E-state index in [1.165, 1.54) is 6.33 Å². The summed E-state index contributed by atoms with van der Waals surface area (Å²) < 4.78 is 5.20. The zero-order valence-electron chi connectivity index (χ0n) is 7.63. The van der Waals surface area contributed by atoms with Crippen LogP contribution in [0.15, 0.2) is 41.4 Å². The van der Waals surface area contributed by atoms with Crippen LogP contribution < -0.4 is 5.73 Å². The second-order valence-corrected chi connectivity index (χ2v) is 3.02. The molecule has 0 spiro atoms. The van der Waals surface area contributed by atoms with Gasteiger partial charge >= 0.3 is 0 Å². The highest BCUT2D eigenvalue weighted by Crippen LogP contribution is 2.13. The number of aromatic nitrogens is 2. The minimum Gasteiger partial charge on any atom is -0.469 e. The van der Waals surface area contributed by atoms with E-state index in [9.17, 15) is 0 Å². The summed E-state index contributed by atoms with van der Waals surface area (Å²) in [6.45, 7) is 0. The Kier molecular flexibility index (Phi) is 2.55. The fourth-order valence-corrected chi connectivity index (χ4v) is 1.27. The monoisotopic (exact) mass is 189 g/mol. The quantitative estimate of drug-likeness (QED) is 0.790. The highest BCUT2D eigenvalue weighted by atomic mass is 16.3. The molecule has 1 atom stereocenters. The topological polar surface area (TPSA) is 64.9 Å². The molecule has 0 fully saturated rings. The van der Waals surface area contributed by atoms with Crippen molar-refractivity contribution in [2.24, 2.45) is 5.73 Å². The first-order valence-corrected chi connectivity index (χ1v) is 4.40. The molecule has 4 heteroatoms. The van der Waals surface area contributed by atoms with Gasteiger partial charge in [-0.15, -0.1) is 0 Å². The molecular formula is C10H11N3O. The van der Waals surface area contributed by atoms with Crippen molar-refractivity contribution in [3.63, 3.8) is 0 Å². The van der Waals surface area contributed by atoms with E-state index in [0.717, 1.165) is 11.5 Å². The van der Waals surface area contributed by atoms with E-state index in [4.69, 9.17) is 10.2 Å². The standard InChI is InChI=1S/C10H11N3O/c11-9(6-8-2-1-5-14-8)10-3-4-12-7-13-10/h1-5,7,9H,6,11H2. The van der Waals surface area contributed by atoms with Crippen molar-refractivity contribution >= 4 is 0 Å². The third kappa shape index (κ3) is 1.97. The van der Waals surface area contributed by atoms with E-state index >= 15 is 0 Å². The first-order chi connectivity index (χ1) is 6.86. The van der Waals surface area contributed by atoms with E-state index in [1.54, 1.807) is 12.5 Å². The van der Waals surface area contributed by atoms with Crippen LogP contribution in [0.4, 0.5) is 0 Å². The Morgan fingerprint density at radius 3 is 3.00 bits per heavy atom. The Bertz CT molecular complexity index is 372. The molecule has 4 nitrogen and oxygen atoms in total. The average Bonchev–Trinajstić information content (AvgIpc) is 2.72. The molecule has 0 radical (unpaired) electrons. The number of nitrogens with zero attached hydrogens (tertiary/aromatic N) is 2. The lowest BCUT2D eigenvalue weighted by molar-refractivity contribution is 0.486. The molecule has 0 aliphatic carbocycles. The van der Waals surface area contributed by atoms with Crippen LogP contribution in [0.2, 0.25) is 0 Å². The van der Waals surface area contributed by atoms with Gasteiger partial charge in [-0.05, 0) is 18.2 Å². The predicted molar refractivity (Wildman–Crippen MR) is 51.4 cm³/mol. The highest BCUT2D eigenvalue weighted by Gasteiger charge is 2.09. The Hall–Kier alpha value is -1.68. The number of hydrogen-bond donors (Lipinski definition) is 1. The minimum absolute atomic E-state index is 0.135. The van der Waals surface area contributed by atoms with Crippen LogP contribution in [0.1, 0.15) is 17.5 Å². The summed E-state index contributed by atoms with van der Waals surface area (Å²) >= 11 is 0. The first-order valence-electron chi connectivity index (χ1n) is 4.40. The second-order valence-electron chi connectivity index (χ2n) is 3.02. The molecule has 0 saturated heterocycles.